The molecule has 2 aromatic carbocycles. The first-order chi connectivity index (χ1) is 25.9. The molecule has 5 aliphatic rings. The van der Waals surface area contributed by atoms with Crippen molar-refractivity contribution in [2.75, 3.05) is 19.9 Å². The minimum atomic E-state index is -1.43. The number of aliphatic hydroxyl groups excluding tert-OH is 1. The fraction of sp³-hybridized carbons (Fsp3) is 0.550. The van der Waals surface area contributed by atoms with Crippen molar-refractivity contribution in [1.82, 2.24) is 15.3 Å². The number of nitrogens with one attached hydrogen (secondary N) is 1. The number of allylic oxidation sites excluding steroid dienone is 1. The molecule has 2 amide bonds. The third-order valence-electron chi connectivity index (χ3n) is 11.0. The fourth-order valence-electron chi connectivity index (χ4n) is 8.56. The van der Waals surface area contributed by atoms with Crippen molar-refractivity contribution in [3.63, 3.8) is 0 Å². The van der Waals surface area contributed by atoms with Gasteiger partial charge in [-0.3, -0.25) is 24.0 Å². The van der Waals surface area contributed by atoms with Crippen molar-refractivity contribution < 1.29 is 53.2 Å². The van der Waals surface area contributed by atoms with Gasteiger partial charge in [-0.05, 0) is 69.2 Å². The number of phenolic OH excluding ortho intramolecular Hbond substituents is 1. The summed E-state index contributed by atoms with van der Waals surface area (Å²) in [5.74, 6) is -1.66. The molecule has 0 spiro atoms. The van der Waals surface area contributed by atoms with E-state index in [1.165, 1.54) is 9.96 Å². The number of hydrogen-bond donors (Lipinski definition) is 3. The first kappa shape index (κ1) is 38.0. The van der Waals surface area contributed by atoms with Gasteiger partial charge in [-0.15, -0.1) is 0 Å². The number of aromatic hydroxyl groups is 1. The summed E-state index contributed by atoms with van der Waals surface area (Å²) in [5, 5.41) is 24.7. The van der Waals surface area contributed by atoms with E-state index >= 15 is 4.79 Å². The molecule has 0 aromatic heterocycles. The lowest BCUT2D eigenvalue weighted by atomic mass is 9.62. The number of amides is 2. The molecule has 54 heavy (non-hydrogen) atoms. The predicted octanol–water partition coefficient (Wildman–Crippen LogP) is 2.78. The maximum absolute atomic E-state index is 15.1. The molecular weight excluding hydrogens is 698 g/mol. The predicted molar refractivity (Wildman–Crippen MR) is 192 cm³/mol. The highest BCUT2D eigenvalue weighted by atomic mass is 16.8. The Balaban J connectivity index is 1.12. The average molecular weight is 748 g/mol. The van der Waals surface area contributed by atoms with Gasteiger partial charge in [0, 0.05) is 19.4 Å². The number of likely N-dealkylation sites (tertiary alicyclic amines) is 1. The Morgan fingerprint density at radius 3 is 2.57 bits per heavy atom. The standard InChI is InChI=1S/C40H49N3O11/c1-39(2,3)53-31(46)18-17-27(22-44)41-36(47)28-15-9-19-42(28)38(49)40-20-30-32-33(51-23-50-32)35(40)54-43(34(40)37(48)52-30)21-26-12-5-4-10-24(26)13-8-14-25-11-6-7-16-29(25)45/h4-8,10-13,16,27-28,30,32-35,44-45H,9,14-15,17-23H2,1-3H3,(H,41,47). The summed E-state index contributed by atoms with van der Waals surface area (Å²) < 4.78 is 23.2. The molecule has 8 atom stereocenters. The number of nitrogens with zero attached hydrogens (tertiary/aromatic N) is 2. The van der Waals surface area contributed by atoms with Gasteiger partial charge in [0.05, 0.1) is 19.2 Å². The highest BCUT2D eigenvalue weighted by molar-refractivity contribution is 5.96. The number of rotatable bonds is 12. The second-order valence-electron chi connectivity index (χ2n) is 15.7. The van der Waals surface area contributed by atoms with Crippen LogP contribution in [0, 0.1) is 5.41 Å². The van der Waals surface area contributed by atoms with Gasteiger partial charge in [-0.25, -0.2) is 0 Å². The van der Waals surface area contributed by atoms with Gasteiger partial charge in [0.15, 0.2) is 6.04 Å². The molecule has 5 fully saturated rings. The van der Waals surface area contributed by atoms with E-state index in [-0.39, 0.29) is 44.9 Å². The molecule has 3 N–H and O–H groups in total. The van der Waals surface area contributed by atoms with Gasteiger partial charge >= 0.3 is 11.9 Å². The summed E-state index contributed by atoms with van der Waals surface area (Å²) in [7, 11) is 0. The lowest BCUT2D eigenvalue weighted by molar-refractivity contribution is -0.204. The first-order valence-electron chi connectivity index (χ1n) is 18.7. The second-order valence-corrected chi connectivity index (χ2v) is 15.7. The van der Waals surface area contributed by atoms with Crippen LogP contribution in [0.4, 0.5) is 0 Å². The van der Waals surface area contributed by atoms with E-state index in [0.717, 1.165) is 16.7 Å². The van der Waals surface area contributed by atoms with Crippen LogP contribution in [0.25, 0.3) is 6.08 Å². The normalized spacial score (nSPS) is 29.6. The number of carbonyl (C=O) groups is 4. The van der Waals surface area contributed by atoms with Crippen molar-refractivity contribution in [2.45, 2.75) is 114 Å². The zero-order valence-corrected chi connectivity index (χ0v) is 30.8. The van der Waals surface area contributed by atoms with Crippen molar-refractivity contribution in [3.05, 3.63) is 71.3 Å². The molecule has 290 valence electrons. The Morgan fingerprint density at radius 2 is 1.81 bits per heavy atom. The monoisotopic (exact) mass is 747 g/mol. The van der Waals surface area contributed by atoms with Gasteiger partial charge in [0.25, 0.3) is 0 Å². The summed E-state index contributed by atoms with van der Waals surface area (Å²) in [6.07, 6.45) is 2.71. The number of phenols is 1. The molecule has 14 nitrogen and oxygen atoms in total. The number of carbonyl (C=O) groups excluding carboxylic acids is 4. The number of hydrogen-bond acceptors (Lipinski definition) is 12. The third-order valence-corrected chi connectivity index (χ3v) is 11.0. The van der Waals surface area contributed by atoms with Crippen LogP contribution in [-0.4, -0.2) is 112 Å². The SMILES string of the molecule is CC(C)(C)OC(=O)CCC(CO)NC(=O)C1CCCN1C(=O)C12CC3OC(=O)C1N(Cc1ccccc1C=CCc1ccccc1O)OC2C1OCOC31. The van der Waals surface area contributed by atoms with Crippen molar-refractivity contribution in [2.24, 2.45) is 5.41 Å². The van der Waals surface area contributed by atoms with Crippen molar-refractivity contribution in [3.8, 4) is 5.75 Å². The molecule has 2 bridgehead atoms. The number of aliphatic hydroxyl groups is 1. The van der Waals surface area contributed by atoms with E-state index in [0.29, 0.717) is 19.3 Å². The lowest BCUT2D eigenvalue weighted by Crippen LogP contribution is -2.70. The summed E-state index contributed by atoms with van der Waals surface area (Å²) >= 11 is 0. The summed E-state index contributed by atoms with van der Waals surface area (Å²) in [4.78, 5) is 63.4. The molecular formula is C40H49N3O11. The van der Waals surface area contributed by atoms with E-state index in [9.17, 15) is 24.6 Å². The van der Waals surface area contributed by atoms with E-state index in [1.54, 1.807) is 32.9 Å². The third kappa shape index (κ3) is 7.37. The van der Waals surface area contributed by atoms with Crippen LogP contribution >= 0.6 is 0 Å². The lowest BCUT2D eigenvalue weighted by Gasteiger charge is -2.50. The Morgan fingerprint density at radius 1 is 1.07 bits per heavy atom. The summed E-state index contributed by atoms with van der Waals surface area (Å²) in [6.45, 7) is 5.29. The van der Waals surface area contributed by atoms with Crippen LogP contribution < -0.4 is 5.32 Å². The van der Waals surface area contributed by atoms with E-state index in [4.69, 9.17) is 23.8 Å². The minimum Gasteiger partial charge on any atom is -0.508 e. The fourth-order valence-corrected chi connectivity index (χ4v) is 8.56. The van der Waals surface area contributed by atoms with Crippen molar-refractivity contribution >= 4 is 29.8 Å². The maximum atomic E-state index is 15.1. The maximum Gasteiger partial charge on any atom is 0.327 e. The number of hydroxylamine groups is 2. The van der Waals surface area contributed by atoms with Crippen LogP contribution in [0.2, 0.25) is 0 Å². The van der Waals surface area contributed by atoms with Crippen LogP contribution in [0.1, 0.15) is 69.6 Å². The molecule has 14 heteroatoms. The van der Waals surface area contributed by atoms with Gasteiger partial charge in [0.1, 0.15) is 54.0 Å². The van der Waals surface area contributed by atoms with Crippen LogP contribution in [0.5, 0.6) is 5.75 Å². The van der Waals surface area contributed by atoms with E-state index < -0.39 is 83.9 Å². The van der Waals surface area contributed by atoms with Gasteiger partial charge < -0.3 is 39.4 Å². The number of fused-ring (bicyclic) bond motifs is 4. The van der Waals surface area contributed by atoms with Crippen molar-refractivity contribution in [1.29, 1.82) is 0 Å². The van der Waals surface area contributed by atoms with Gasteiger partial charge in [-0.1, -0.05) is 54.6 Å². The molecule has 2 aromatic rings. The topological polar surface area (TPSA) is 173 Å². The Hall–Kier alpha value is -4.34. The summed E-state index contributed by atoms with van der Waals surface area (Å²) in [5.41, 5.74) is 0.399. The zero-order chi connectivity index (χ0) is 38.2. The average Bonchev–Trinajstić information content (AvgIpc) is 3.89. The highest BCUT2D eigenvalue weighted by Gasteiger charge is 2.75. The van der Waals surface area contributed by atoms with E-state index in [2.05, 4.69) is 5.32 Å². The molecule has 4 heterocycles. The zero-order valence-electron chi connectivity index (χ0n) is 30.8. The Bertz CT molecular complexity index is 1780. The van der Waals surface area contributed by atoms with Gasteiger partial charge in [0.2, 0.25) is 11.8 Å². The smallest absolute Gasteiger partial charge is 0.327 e. The molecule has 4 saturated heterocycles. The number of benzene rings is 2. The quantitative estimate of drug-likeness (QED) is 0.272. The largest absolute Gasteiger partial charge is 0.508 e. The molecule has 1 aliphatic carbocycles. The second kappa shape index (κ2) is 15.4. The van der Waals surface area contributed by atoms with Crippen LogP contribution in [0.3, 0.4) is 0 Å². The molecule has 4 aliphatic heterocycles. The van der Waals surface area contributed by atoms with Crippen LogP contribution in [0.15, 0.2) is 54.6 Å². The summed E-state index contributed by atoms with van der Waals surface area (Å²) in [6, 6.07) is 12.1. The molecule has 1 saturated carbocycles. The van der Waals surface area contributed by atoms with Gasteiger partial charge in [-0.2, -0.15) is 5.06 Å². The number of para-hydroxylation sites is 1. The van der Waals surface area contributed by atoms with E-state index in [1.807, 2.05) is 48.6 Å². The number of esters is 2. The highest BCUT2D eigenvalue weighted by Crippen LogP contribution is 2.56. The minimum absolute atomic E-state index is 0.000599. The van der Waals surface area contributed by atoms with Crippen LogP contribution in [-0.2, 0) is 55.9 Å². The Kier molecular flexibility index (Phi) is 10.8. The Labute approximate surface area is 314 Å². The molecule has 0 radical (unpaired) electrons. The molecule has 8 unspecified atom stereocenters. The number of ether oxygens (including phenoxy) is 4. The first-order valence-corrected chi connectivity index (χ1v) is 18.7. The molecule has 7 rings (SSSR count).